The van der Waals surface area contributed by atoms with Crippen molar-refractivity contribution in [1.82, 2.24) is 5.32 Å². The predicted molar refractivity (Wildman–Crippen MR) is 89.0 cm³/mol. The van der Waals surface area contributed by atoms with E-state index in [0.29, 0.717) is 13.1 Å². The van der Waals surface area contributed by atoms with Gasteiger partial charge in [-0.2, -0.15) is 0 Å². The molecular formula is C17H27N3O2. The third-order valence-corrected chi connectivity index (χ3v) is 4.09. The zero-order valence-electron chi connectivity index (χ0n) is 13.5. The Kier molecular flexibility index (Phi) is 6.21. The summed E-state index contributed by atoms with van der Waals surface area (Å²) in [6.07, 6.45) is 1.35. The van der Waals surface area contributed by atoms with E-state index in [4.69, 9.17) is 10.5 Å². The van der Waals surface area contributed by atoms with Crippen molar-refractivity contribution in [2.45, 2.75) is 38.9 Å². The zero-order chi connectivity index (χ0) is 15.9. The van der Waals surface area contributed by atoms with E-state index in [9.17, 15) is 4.79 Å². The lowest BCUT2D eigenvalue weighted by atomic mass is 10.2. The van der Waals surface area contributed by atoms with Gasteiger partial charge in [0.1, 0.15) is 6.10 Å². The predicted octanol–water partition coefficient (Wildman–Crippen LogP) is 1.44. The van der Waals surface area contributed by atoms with Gasteiger partial charge < -0.3 is 20.7 Å². The summed E-state index contributed by atoms with van der Waals surface area (Å²) in [7, 11) is 0. The van der Waals surface area contributed by atoms with Crippen molar-refractivity contribution in [3.8, 4) is 0 Å². The highest BCUT2D eigenvalue weighted by Crippen LogP contribution is 2.19. The second kappa shape index (κ2) is 8.15. The van der Waals surface area contributed by atoms with Crippen LogP contribution in [0.4, 0.5) is 5.69 Å². The van der Waals surface area contributed by atoms with Gasteiger partial charge >= 0.3 is 0 Å². The molecule has 2 atom stereocenters. The molecular weight excluding hydrogens is 278 g/mol. The largest absolute Gasteiger partial charge is 0.370 e. The summed E-state index contributed by atoms with van der Waals surface area (Å²) >= 11 is 0. The van der Waals surface area contributed by atoms with Gasteiger partial charge in [0.15, 0.2) is 0 Å². The second-order valence-corrected chi connectivity index (χ2v) is 5.77. The van der Waals surface area contributed by atoms with Gasteiger partial charge in [0, 0.05) is 31.9 Å². The van der Waals surface area contributed by atoms with Gasteiger partial charge in [0.25, 0.3) is 0 Å². The third-order valence-electron chi connectivity index (χ3n) is 4.09. The van der Waals surface area contributed by atoms with Crippen molar-refractivity contribution in [2.24, 2.45) is 5.73 Å². The molecule has 1 amide bonds. The molecule has 5 nitrogen and oxygen atoms in total. The van der Waals surface area contributed by atoms with Gasteiger partial charge in [-0.05, 0) is 44.4 Å². The highest BCUT2D eigenvalue weighted by molar-refractivity contribution is 5.81. The first-order chi connectivity index (χ1) is 10.6. The molecule has 1 aromatic carbocycles. The molecule has 0 spiro atoms. The van der Waals surface area contributed by atoms with E-state index < -0.39 is 0 Å². The molecule has 0 aromatic heterocycles. The maximum atomic E-state index is 12.1. The van der Waals surface area contributed by atoms with E-state index in [0.717, 1.165) is 25.9 Å². The Morgan fingerprint density at radius 2 is 2.27 bits per heavy atom. The molecule has 1 aliphatic rings. The number of aryl methyl sites for hydroxylation is 1. The zero-order valence-corrected chi connectivity index (χ0v) is 13.5. The lowest BCUT2D eigenvalue weighted by molar-refractivity contribution is -0.131. The van der Waals surface area contributed by atoms with E-state index in [-0.39, 0.29) is 18.1 Å². The number of nitrogens with one attached hydrogen (secondary N) is 1. The van der Waals surface area contributed by atoms with E-state index in [2.05, 4.69) is 48.3 Å². The van der Waals surface area contributed by atoms with Crippen molar-refractivity contribution in [1.29, 1.82) is 0 Å². The smallest absolute Gasteiger partial charge is 0.249 e. The fourth-order valence-electron chi connectivity index (χ4n) is 2.79. The molecule has 1 saturated heterocycles. The van der Waals surface area contributed by atoms with Crippen molar-refractivity contribution in [2.75, 3.05) is 31.1 Å². The number of hydrogen-bond donors (Lipinski definition) is 2. The molecule has 0 radical (unpaired) electrons. The quantitative estimate of drug-likeness (QED) is 0.800. The van der Waals surface area contributed by atoms with E-state index in [1.807, 2.05) is 0 Å². The number of carbonyl (C=O) groups is 1. The Labute approximate surface area is 132 Å². The number of rotatable bonds is 7. The third kappa shape index (κ3) is 4.45. The summed E-state index contributed by atoms with van der Waals surface area (Å²) in [6, 6.07) is 8.41. The number of hydrogen-bond acceptors (Lipinski definition) is 4. The average Bonchev–Trinajstić information content (AvgIpc) is 3.00. The lowest BCUT2D eigenvalue weighted by Gasteiger charge is -2.24. The first-order valence-corrected chi connectivity index (χ1v) is 8.09. The highest BCUT2D eigenvalue weighted by Gasteiger charge is 2.29. The monoisotopic (exact) mass is 305 g/mol. The van der Waals surface area contributed by atoms with Crippen LogP contribution < -0.4 is 16.0 Å². The topological polar surface area (TPSA) is 67.6 Å². The number of ether oxygens (including phenoxy) is 1. The number of nitrogens with zero attached hydrogens (tertiary/aromatic N) is 1. The molecule has 22 heavy (non-hydrogen) atoms. The Balaban J connectivity index is 1.78. The first-order valence-electron chi connectivity index (χ1n) is 8.09. The molecule has 2 rings (SSSR count). The van der Waals surface area contributed by atoms with Gasteiger partial charge in [0.2, 0.25) is 5.91 Å². The molecule has 1 heterocycles. The first kappa shape index (κ1) is 16.8. The van der Waals surface area contributed by atoms with Gasteiger partial charge in [-0.15, -0.1) is 0 Å². The molecule has 5 heteroatoms. The Morgan fingerprint density at radius 3 is 2.91 bits per heavy atom. The van der Waals surface area contributed by atoms with Crippen LogP contribution in [0, 0.1) is 6.92 Å². The van der Waals surface area contributed by atoms with Crippen molar-refractivity contribution >= 4 is 11.6 Å². The normalized spacial score (nSPS) is 20.9. The number of amides is 1. The summed E-state index contributed by atoms with van der Waals surface area (Å²) < 4.78 is 5.61. The minimum atomic E-state index is -0.331. The number of benzene rings is 1. The molecule has 1 fully saturated rings. The number of anilines is 1. The van der Waals surface area contributed by atoms with E-state index in [1.54, 1.807) is 0 Å². The van der Waals surface area contributed by atoms with Crippen LogP contribution in [-0.4, -0.2) is 44.3 Å². The Hall–Kier alpha value is -1.59. The molecule has 0 unspecified atom stereocenters. The lowest BCUT2D eigenvalue weighted by Crippen LogP contribution is -2.40. The summed E-state index contributed by atoms with van der Waals surface area (Å²) in [4.78, 5) is 14.3. The maximum absolute atomic E-state index is 12.1. The Morgan fingerprint density at radius 1 is 1.45 bits per heavy atom. The molecule has 0 aliphatic carbocycles. The van der Waals surface area contributed by atoms with Gasteiger partial charge in [-0.1, -0.05) is 12.1 Å². The maximum Gasteiger partial charge on any atom is 0.249 e. The van der Waals surface area contributed by atoms with Crippen molar-refractivity contribution in [3.63, 3.8) is 0 Å². The van der Waals surface area contributed by atoms with Crippen molar-refractivity contribution in [3.05, 3.63) is 29.8 Å². The fourth-order valence-corrected chi connectivity index (χ4v) is 2.79. The molecule has 1 aliphatic heterocycles. The van der Waals surface area contributed by atoms with Gasteiger partial charge in [0.05, 0.1) is 6.10 Å². The summed E-state index contributed by atoms with van der Waals surface area (Å²) in [5.74, 6) is -0.0174. The molecule has 122 valence electrons. The summed E-state index contributed by atoms with van der Waals surface area (Å²) in [6.45, 7) is 7.02. The number of carbonyl (C=O) groups excluding carboxylic acids is 1. The van der Waals surface area contributed by atoms with Gasteiger partial charge in [-0.25, -0.2) is 0 Å². The Bertz CT molecular complexity index is 493. The van der Waals surface area contributed by atoms with E-state index >= 15 is 0 Å². The van der Waals surface area contributed by atoms with Crippen LogP contribution in [-0.2, 0) is 9.53 Å². The molecule has 0 saturated carbocycles. The van der Waals surface area contributed by atoms with Crippen LogP contribution in [0.3, 0.4) is 0 Å². The standard InChI is InChI=1S/C17H27N3O2/c1-3-20(14-6-4-5-13(2)11-14)10-9-19-17(21)16-8-7-15(12-18)22-16/h4-6,11,15-16H,3,7-10,12,18H2,1-2H3,(H,19,21)/t15-,16+/m1/s1. The van der Waals surface area contributed by atoms with Crippen LogP contribution >= 0.6 is 0 Å². The summed E-state index contributed by atoms with van der Waals surface area (Å²) in [5.41, 5.74) is 8.00. The second-order valence-electron chi connectivity index (χ2n) is 5.77. The van der Waals surface area contributed by atoms with Gasteiger partial charge in [-0.3, -0.25) is 4.79 Å². The highest BCUT2D eigenvalue weighted by atomic mass is 16.5. The van der Waals surface area contributed by atoms with Crippen LogP contribution in [0.25, 0.3) is 0 Å². The average molecular weight is 305 g/mol. The molecule has 1 aromatic rings. The number of likely N-dealkylation sites (N-methyl/N-ethyl adjacent to an activating group) is 1. The number of nitrogens with two attached hydrogens (primary N) is 1. The fraction of sp³-hybridized carbons (Fsp3) is 0.588. The van der Waals surface area contributed by atoms with Crippen LogP contribution in [0.5, 0.6) is 0 Å². The summed E-state index contributed by atoms with van der Waals surface area (Å²) in [5, 5.41) is 2.97. The van der Waals surface area contributed by atoms with E-state index in [1.165, 1.54) is 11.3 Å². The SMILES string of the molecule is CCN(CCNC(=O)[C@@H]1CC[C@H](CN)O1)c1cccc(C)c1. The molecule has 3 N–H and O–H groups in total. The van der Waals surface area contributed by atoms with Crippen LogP contribution in [0.15, 0.2) is 24.3 Å². The molecule has 0 bridgehead atoms. The van der Waals surface area contributed by atoms with Crippen LogP contribution in [0.2, 0.25) is 0 Å². The van der Waals surface area contributed by atoms with Crippen molar-refractivity contribution < 1.29 is 9.53 Å². The minimum absolute atomic E-state index is 0.0174. The van der Waals surface area contributed by atoms with Crippen LogP contribution in [0.1, 0.15) is 25.3 Å². The minimum Gasteiger partial charge on any atom is -0.370 e.